The molecule has 0 saturated heterocycles. The minimum absolute atomic E-state index is 0.0169. The van der Waals surface area contributed by atoms with E-state index in [-0.39, 0.29) is 5.54 Å². The molecule has 16 heavy (non-hydrogen) atoms. The van der Waals surface area contributed by atoms with Crippen LogP contribution in [0.1, 0.15) is 19.4 Å². The van der Waals surface area contributed by atoms with Crippen LogP contribution in [0.5, 0.6) is 5.75 Å². The van der Waals surface area contributed by atoms with E-state index in [1.165, 1.54) is 5.56 Å². The summed E-state index contributed by atoms with van der Waals surface area (Å²) in [5.74, 6) is 0.899. The van der Waals surface area contributed by atoms with Crippen LogP contribution in [-0.4, -0.2) is 31.1 Å². The van der Waals surface area contributed by atoms with E-state index in [1.54, 1.807) is 7.11 Å². The van der Waals surface area contributed by atoms with Crippen LogP contribution in [0.2, 0.25) is 0 Å². The Morgan fingerprint density at radius 3 is 2.62 bits per heavy atom. The molecule has 0 aliphatic rings. The lowest BCUT2D eigenvalue weighted by Gasteiger charge is -2.34. The Kier molecular flexibility index (Phi) is 4.33. The number of nitrogens with zero attached hydrogens (tertiary/aromatic N) is 1. The molecule has 0 radical (unpaired) electrons. The molecular weight excluding hydrogens is 200 g/mol. The first-order valence-corrected chi connectivity index (χ1v) is 5.54. The maximum Gasteiger partial charge on any atom is 0.119 e. The van der Waals surface area contributed by atoms with Crippen LogP contribution in [0.25, 0.3) is 0 Å². The van der Waals surface area contributed by atoms with Gasteiger partial charge in [-0.3, -0.25) is 4.90 Å². The Bertz CT molecular complexity index is 336. The van der Waals surface area contributed by atoms with Gasteiger partial charge in [-0.05, 0) is 38.6 Å². The lowest BCUT2D eigenvalue weighted by atomic mass is 10.0. The standard InChI is InChI=1S/C13H22N2O/c1-13(2,10-14)15(3)9-11-6-5-7-12(8-11)16-4/h5-8H,9-10,14H2,1-4H3. The largest absolute Gasteiger partial charge is 0.497 e. The second-order valence-corrected chi connectivity index (χ2v) is 4.72. The molecule has 0 aliphatic heterocycles. The zero-order valence-corrected chi connectivity index (χ0v) is 10.7. The van der Waals surface area contributed by atoms with Gasteiger partial charge in [-0.1, -0.05) is 12.1 Å². The average Bonchev–Trinajstić information content (AvgIpc) is 2.29. The monoisotopic (exact) mass is 222 g/mol. The van der Waals surface area contributed by atoms with E-state index in [1.807, 2.05) is 12.1 Å². The highest BCUT2D eigenvalue weighted by Gasteiger charge is 2.21. The van der Waals surface area contributed by atoms with Gasteiger partial charge in [0.2, 0.25) is 0 Å². The molecule has 0 bridgehead atoms. The van der Waals surface area contributed by atoms with Crippen molar-refractivity contribution in [1.29, 1.82) is 0 Å². The predicted octanol–water partition coefficient (Wildman–Crippen LogP) is 1.86. The van der Waals surface area contributed by atoms with E-state index in [0.717, 1.165) is 12.3 Å². The molecule has 1 aromatic rings. The van der Waals surface area contributed by atoms with Crippen molar-refractivity contribution in [3.63, 3.8) is 0 Å². The van der Waals surface area contributed by atoms with Crippen LogP contribution < -0.4 is 10.5 Å². The fourth-order valence-corrected chi connectivity index (χ4v) is 1.41. The lowest BCUT2D eigenvalue weighted by molar-refractivity contribution is 0.155. The molecule has 0 heterocycles. The van der Waals surface area contributed by atoms with Crippen LogP contribution in [0.4, 0.5) is 0 Å². The Labute approximate surface area is 98.2 Å². The Morgan fingerprint density at radius 1 is 1.38 bits per heavy atom. The van der Waals surface area contributed by atoms with E-state index in [2.05, 4.69) is 37.9 Å². The summed E-state index contributed by atoms with van der Waals surface area (Å²) in [7, 11) is 3.78. The lowest BCUT2D eigenvalue weighted by Crippen LogP contribution is -2.46. The molecule has 0 aromatic heterocycles. The van der Waals surface area contributed by atoms with Crippen molar-refractivity contribution in [3.05, 3.63) is 29.8 Å². The first kappa shape index (κ1) is 13.0. The van der Waals surface area contributed by atoms with Gasteiger partial charge in [0, 0.05) is 18.6 Å². The molecule has 0 aliphatic carbocycles. The molecule has 90 valence electrons. The van der Waals surface area contributed by atoms with Crippen molar-refractivity contribution in [1.82, 2.24) is 4.90 Å². The second kappa shape index (κ2) is 5.32. The number of hydrogen-bond acceptors (Lipinski definition) is 3. The van der Waals surface area contributed by atoms with Crippen LogP contribution in [-0.2, 0) is 6.54 Å². The van der Waals surface area contributed by atoms with Crippen LogP contribution >= 0.6 is 0 Å². The molecule has 0 atom stereocenters. The third-order valence-corrected chi connectivity index (χ3v) is 3.09. The summed E-state index contributed by atoms with van der Waals surface area (Å²) in [6.45, 7) is 5.81. The predicted molar refractivity (Wildman–Crippen MR) is 67.6 cm³/mol. The smallest absolute Gasteiger partial charge is 0.119 e. The second-order valence-electron chi connectivity index (χ2n) is 4.72. The van der Waals surface area contributed by atoms with Gasteiger partial charge in [0.1, 0.15) is 5.75 Å². The normalized spacial score (nSPS) is 11.9. The zero-order chi connectivity index (χ0) is 12.2. The van der Waals surface area contributed by atoms with Crippen LogP contribution in [0.3, 0.4) is 0 Å². The Balaban J connectivity index is 2.72. The third-order valence-electron chi connectivity index (χ3n) is 3.09. The van der Waals surface area contributed by atoms with Crippen molar-refractivity contribution in [2.75, 3.05) is 20.7 Å². The molecule has 0 unspecified atom stereocenters. The highest BCUT2D eigenvalue weighted by molar-refractivity contribution is 5.28. The highest BCUT2D eigenvalue weighted by atomic mass is 16.5. The maximum atomic E-state index is 5.75. The van der Waals surface area contributed by atoms with Crippen molar-refractivity contribution in [2.24, 2.45) is 5.73 Å². The number of benzene rings is 1. The SMILES string of the molecule is COc1cccc(CN(C)C(C)(C)CN)c1. The number of likely N-dealkylation sites (N-methyl/N-ethyl adjacent to an activating group) is 1. The molecular formula is C13H22N2O. The van der Waals surface area contributed by atoms with E-state index in [9.17, 15) is 0 Å². The quantitative estimate of drug-likeness (QED) is 0.826. The summed E-state index contributed by atoms with van der Waals surface area (Å²) < 4.78 is 5.21. The van der Waals surface area contributed by atoms with Gasteiger partial charge in [0.25, 0.3) is 0 Å². The van der Waals surface area contributed by atoms with Crippen LogP contribution in [0, 0.1) is 0 Å². The molecule has 3 nitrogen and oxygen atoms in total. The third kappa shape index (κ3) is 3.22. The van der Waals surface area contributed by atoms with E-state index >= 15 is 0 Å². The molecule has 2 N–H and O–H groups in total. The molecule has 3 heteroatoms. The van der Waals surface area contributed by atoms with E-state index in [4.69, 9.17) is 10.5 Å². The van der Waals surface area contributed by atoms with Crippen molar-refractivity contribution < 1.29 is 4.74 Å². The van der Waals surface area contributed by atoms with Gasteiger partial charge >= 0.3 is 0 Å². The first-order chi connectivity index (χ1) is 7.49. The minimum Gasteiger partial charge on any atom is -0.497 e. The molecule has 1 aromatic carbocycles. The van der Waals surface area contributed by atoms with E-state index in [0.29, 0.717) is 6.54 Å². The van der Waals surface area contributed by atoms with Gasteiger partial charge in [-0.25, -0.2) is 0 Å². The summed E-state index contributed by atoms with van der Waals surface area (Å²) in [5, 5.41) is 0. The summed E-state index contributed by atoms with van der Waals surface area (Å²) in [4.78, 5) is 2.25. The summed E-state index contributed by atoms with van der Waals surface area (Å²) >= 11 is 0. The number of methoxy groups -OCH3 is 1. The Hall–Kier alpha value is -1.06. The first-order valence-electron chi connectivity index (χ1n) is 5.54. The van der Waals surface area contributed by atoms with Crippen molar-refractivity contribution in [2.45, 2.75) is 25.9 Å². The van der Waals surface area contributed by atoms with Gasteiger partial charge in [0.15, 0.2) is 0 Å². The van der Waals surface area contributed by atoms with Gasteiger partial charge in [-0.2, -0.15) is 0 Å². The maximum absolute atomic E-state index is 5.75. The van der Waals surface area contributed by atoms with Gasteiger partial charge in [0.05, 0.1) is 7.11 Å². The van der Waals surface area contributed by atoms with Gasteiger partial charge in [-0.15, -0.1) is 0 Å². The number of hydrogen-bond donors (Lipinski definition) is 1. The van der Waals surface area contributed by atoms with Crippen LogP contribution in [0.15, 0.2) is 24.3 Å². The van der Waals surface area contributed by atoms with Crippen molar-refractivity contribution >= 4 is 0 Å². The number of rotatable bonds is 5. The molecule has 0 spiro atoms. The zero-order valence-electron chi connectivity index (χ0n) is 10.7. The fraction of sp³-hybridized carbons (Fsp3) is 0.538. The minimum atomic E-state index is 0.0169. The summed E-state index contributed by atoms with van der Waals surface area (Å²) in [6, 6.07) is 8.13. The van der Waals surface area contributed by atoms with Crippen molar-refractivity contribution in [3.8, 4) is 5.75 Å². The molecule has 0 amide bonds. The summed E-state index contributed by atoms with van der Waals surface area (Å²) in [5.41, 5.74) is 7.01. The topological polar surface area (TPSA) is 38.5 Å². The van der Waals surface area contributed by atoms with Gasteiger partial charge < -0.3 is 10.5 Å². The number of ether oxygens (including phenoxy) is 1. The molecule has 0 saturated carbocycles. The molecule has 0 fully saturated rings. The fourth-order valence-electron chi connectivity index (χ4n) is 1.41. The highest BCUT2D eigenvalue weighted by Crippen LogP contribution is 2.18. The average molecular weight is 222 g/mol. The van der Waals surface area contributed by atoms with E-state index < -0.39 is 0 Å². The Morgan fingerprint density at radius 2 is 2.06 bits per heavy atom. The molecule has 1 rings (SSSR count). The number of nitrogens with two attached hydrogens (primary N) is 1. The summed E-state index contributed by atoms with van der Waals surface area (Å²) in [6.07, 6.45) is 0.